The van der Waals surface area contributed by atoms with Gasteiger partial charge in [-0.3, -0.25) is 9.59 Å². The van der Waals surface area contributed by atoms with Gasteiger partial charge in [0, 0.05) is 33.1 Å². The molecule has 0 bridgehead atoms. The maximum absolute atomic E-state index is 11.7. The van der Waals surface area contributed by atoms with Gasteiger partial charge in [0.1, 0.15) is 0 Å². The summed E-state index contributed by atoms with van der Waals surface area (Å²) < 4.78 is 0. The molecule has 0 aliphatic rings. The first-order chi connectivity index (χ1) is 7.02. The maximum Gasteiger partial charge on any atom is 0.167 e. The molecule has 0 radical (unpaired) electrons. The largest absolute Gasteiger partial charge is 0.383 e. The highest BCUT2D eigenvalue weighted by molar-refractivity contribution is 6.19. The first kappa shape index (κ1) is 13.9. The molecule has 0 N–H and O–H groups in total. The third kappa shape index (κ3) is 5.35. The lowest BCUT2D eigenvalue weighted by atomic mass is 10.0. The number of nitrogens with zero attached hydrogens (tertiary/aromatic N) is 1. The van der Waals surface area contributed by atoms with E-state index < -0.39 is 0 Å². The van der Waals surface area contributed by atoms with Crippen LogP contribution in [0.2, 0.25) is 0 Å². The van der Waals surface area contributed by atoms with Crippen LogP contribution in [-0.2, 0) is 9.59 Å². The van der Waals surface area contributed by atoms with Crippen molar-refractivity contribution >= 4 is 11.6 Å². The minimum atomic E-state index is -0.0650. The zero-order valence-corrected chi connectivity index (χ0v) is 10.2. The van der Waals surface area contributed by atoms with E-state index in [1.165, 1.54) is 0 Å². The summed E-state index contributed by atoms with van der Waals surface area (Å²) in [5.74, 6) is -0.0952. The van der Waals surface area contributed by atoms with E-state index in [-0.39, 0.29) is 11.6 Å². The molecule has 3 nitrogen and oxygen atoms in total. The second kappa shape index (κ2) is 7.21. The predicted octanol–water partition coefficient (Wildman–Crippen LogP) is 2.17. The molecule has 0 aromatic heterocycles. The number of rotatable bonds is 7. The Labute approximate surface area is 92.1 Å². The summed E-state index contributed by atoms with van der Waals surface area (Å²) in [5.41, 5.74) is 0.343. The van der Waals surface area contributed by atoms with Crippen molar-refractivity contribution in [2.75, 3.05) is 14.1 Å². The summed E-state index contributed by atoms with van der Waals surface area (Å²) in [4.78, 5) is 25.0. The molecule has 0 saturated carbocycles. The van der Waals surface area contributed by atoms with Gasteiger partial charge in [0.15, 0.2) is 11.6 Å². The maximum atomic E-state index is 11.7. The van der Waals surface area contributed by atoms with Crippen LogP contribution in [0.5, 0.6) is 0 Å². The van der Waals surface area contributed by atoms with Crippen molar-refractivity contribution in [2.45, 2.75) is 39.5 Å². The van der Waals surface area contributed by atoms with Gasteiger partial charge in [-0.25, -0.2) is 0 Å². The van der Waals surface area contributed by atoms with Crippen molar-refractivity contribution in [1.29, 1.82) is 0 Å². The molecule has 0 heterocycles. The molecular formula is C12H21NO2. The Kier molecular flexibility index (Phi) is 6.67. The van der Waals surface area contributed by atoms with Crippen LogP contribution in [0, 0.1) is 0 Å². The van der Waals surface area contributed by atoms with Gasteiger partial charge in [0.2, 0.25) is 0 Å². The third-order valence-corrected chi connectivity index (χ3v) is 2.07. The van der Waals surface area contributed by atoms with E-state index in [1.54, 1.807) is 18.0 Å². The number of unbranched alkanes of at least 4 members (excludes halogenated alkanes) is 1. The molecule has 0 amide bonds. The first-order valence-electron chi connectivity index (χ1n) is 5.47. The monoisotopic (exact) mass is 211 g/mol. The van der Waals surface area contributed by atoms with Crippen LogP contribution in [0.3, 0.4) is 0 Å². The quantitative estimate of drug-likeness (QED) is 0.368. The van der Waals surface area contributed by atoms with Gasteiger partial charge >= 0.3 is 0 Å². The third-order valence-electron chi connectivity index (χ3n) is 2.07. The highest BCUT2D eigenvalue weighted by Crippen LogP contribution is 2.08. The summed E-state index contributed by atoms with van der Waals surface area (Å²) in [6.45, 7) is 3.81. The number of hydrogen-bond donors (Lipinski definition) is 0. The molecule has 86 valence electrons. The minimum Gasteiger partial charge on any atom is -0.383 e. The molecule has 15 heavy (non-hydrogen) atoms. The molecule has 0 aromatic carbocycles. The van der Waals surface area contributed by atoms with Crippen LogP contribution in [0.1, 0.15) is 39.5 Å². The average Bonchev–Trinajstić information content (AvgIpc) is 2.21. The predicted molar refractivity (Wildman–Crippen MR) is 61.6 cm³/mol. The van der Waals surface area contributed by atoms with Crippen molar-refractivity contribution in [3.05, 3.63) is 11.8 Å². The second-order valence-electron chi connectivity index (χ2n) is 3.81. The molecule has 3 heteroatoms. The molecular weight excluding hydrogens is 190 g/mol. The Morgan fingerprint density at radius 2 is 1.73 bits per heavy atom. The van der Waals surface area contributed by atoms with Gasteiger partial charge < -0.3 is 4.90 Å². The van der Waals surface area contributed by atoms with E-state index in [0.717, 1.165) is 12.8 Å². The molecule has 0 aliphatic heterocycles. The zero-order valence-electron chi connectivity index (χ0n) is 10.2. The van der Waals surface area contributed by atoms with E-state index in [4.69, 9.17) is 0 Å². The van der Waals surface area contributed by atoms with Gasteiger partial charge in [0.25, 0.3) is 0 Å². The van der Waals surface area contributed by atoms with Crippen molar-refractivity contribution < 1.29 is 9.59 Å². The van der Waals surface area contributed by atoms with Crippen molar-refractivity contribution in [3.8, 4) is 0 Å². The molecule has 0 aliphatic carbocycles. The number of carbonyl (C=O) groups is 2. The summed E-state index contributed by atoms with van der Waals surface area (Å²) in [5, 5.41) is 0. The van der Waals surface area contributed by atoms with Crippen LogP contribution in [0.15, 0.2) is 11.8 Å². The zero-order chi connectivity index (χ0) is 11.8. The highest BCUT2D eigenvalue weighted by Gasteiger charge is 2.15. The fourth-order valence-electron chi connectivity index (χ4n) is 1.22. The smallest absolute Gasteiger partial charge is 0.167 e. The Bertz CT molecular complexity index is 254. The van der Waals surface area contributed by atoms with Crippen LogP contribution >= 0.6 is 0 Å². The minimum absolute atomic E-state index is 0.0302. The molecule has 0 saturated heterocycles. The SMILES string of the molecule is CCCCC(=O)/C(=C\N(C)C)C(=O)CC. The molecule has 0 unspecified atom stereocenters. The van der Waals surface area contributed by atoms with E-state index in [9.17, 15) is 9.59 Å². The van der Waals surface area contributed by atoms with E-state index in [2.05, 4.69) is 0 Å². The highest BCUT2D eigenvalue weighted by atomic mass is 16.1. The van der Waals surface area contributed by atoms with Gasteiger partial charge in [-0.2, -0.15) is 0 Å². The van der Waals surface area contributed by atoms with Gasteiger partial charge in [-0.1, -0.05) is 20.3 Å². The molecule has 0 rings (SSSR count). The normalized spacial score (nSPS) is 11.3. The topological polar surface area (TPSA) is 37.4 Å². The Morgan fingerprint density at radius 1 is 1.13 bits per heavy atom. The van der Waals surface area contributed by atoms with Gasteiger partial charge in [-0.15, -0.1) is 0 Å². The Morgan fingerprint density at radius 3 is 2.13 bits per heavy atom. The Balaban J connectivity index is 4.64. The van der Waals surface area contributed by atoms with Crippen molar-refractivity contribution in [3.63, 3.8) is 0 Å². The van der Waals surface area contributed by atoms with Crippen molar-refractivity contribution in [1.82, 2.24) is 4.90 Å². The van der Waals surface area contributed by atoms with Crippen LogP contribution in [0.4, 0.5) is 0 Å². The number of hydrogen-bond acceptors (Lipinski definition) is 3. The second-order valence-corrected chi connectivity index (χ2v) is 3.81. The Hall–Kier alpha value is -1.12. The lowest BCUT2D eigenvalue weighted by Gasteiger charge is -2.09. The van der Waals surface area contributed by atoms with E-state index >= 15 is 0 Å². The molecule has 0 spiro atoms. The lowest BCUT2D eigenvalue weighted by molar-refractivity contribution is -0.121. The fraction of sp³-hybridized carbons (Fsp3) is 0.667. The molecule has 0 fully saturated rings. The van der Waals surface area contributed by atoms with Gasteiger partial charge in [0.05, 0.1) is 5.57 Å². The molecule has 0 atom stereocenters. The van der Waals surface area contributed by atoms with Crippen LogP contribution in [0.25, 0.3) is 0 Å². The van der Waals surface area contributed by atoms with Crippen LogP contribution < -0.4 is 0 Å². The first-order valence-corrected chi connectivity index (χ1v) is 5.47. The molecule has 0 aromatic rings. The fourth-order valence-corrected chi connectivity index (χ4v) is 1.22. The lowest BCUT2D eigenvalue weighted by Crippen LogP contribution is -2.16. The summed E-state index contributed by atoms with van der Waals surface area (Å²) in [6, 6.07) is 0. The van der Waals surface area contributed by atoms with E-state index in [1.807, 2.05) is 21.0 Å². The number of ketones is 2. The average molecular weight is 211 g/mol. The van der Waals surface area contributed by atoms with E-state index in [0.29, 0.717) is 18.4 Å². The number of carbonyl (C=O) groups excluding carboxylic acids is 2. The summed E-state index contributed by atoms with van der Waals surface area (Å²) in [6.07, 6.45) is 4.31. The van der Waals surface area contributed by atoms with Crippen LogP contribution in [-0.4, -0.2) is 30.6 Å². The van der Waals surface area contributed by atoms with Crippen molar-refractivity contribution in [2.24, 2.45) is 0 Å². The summed E-state index contributed by atoms with van der Waals surface area (Å²) in [7, 11) is 3.63. The number of Topliss-reactive ketones (excluding diaryl/α,β-unsaturated/α-hetero) is 2. The van der Waals surface area contributed by atoms with Gasteiger partial charge in [-0.05, 0) is 6.42 Å². The summed E-state index contributed by atoms with van der Waals surface area (Å²) >= 11 is 0. The number of allylic oxidation sites excluding steroid dienone is 1. The standard InChI is InChI=1S/C12H21NO2/c1-5-7-8-12(15)10(9-13(3)4)11(14)6-2/h9H,5-8H2,1-4H3/b10-9-.